The van der Waals surface area contributed by atoms with E-state index in [1.165, 1.54) is 5.56 Å². The second kappa shape index (κ2) is 8.73. The van der Waals surface area contributed by atoms with Gasteiger partial charge in [0, 0.05) is 12.6 Å². The lowest BCUT2D eigenvalue weighted by Crippen LogP contribution is -2.23. The number of rotatable bonds is 3. The smallest absolute Gasteiger partial charge is 0.0431 e. The van der Waals surface area contributed by atoms with Crippen molar-refractivity contribution in [2.45, 2.75) is 19.4 Å². The third kappa shape index (κ3) is 6.63. The maximum Gasteiger partial charge on any atom is 0.0431 e. The highest BCUT2D eigenvalue weighted by Gasteiger charge is 1.97. The molecule has 0 saturated heterocycles. The van der Waals surface area contributed by atoms with Crippen LogP contribution in [0, 0.1) is 6.92 Å². The molecule has 0 aromatic heterocycles. The van der Waals surface area contributed by atoms with E-state index in [1.807, 2.05) is 13.1 Å². The van der Waals surface area contributed by atoms with Gasteiger partial charge in [0.25, 0.3) is 0 Å². The summed E-state index contributed by atoms with van der Waals surface area (Å²) in [7, 11) is 1.99. The number of nitrogens with one attached hydrogen (secondary N) is 1. The topological polar surface area (TPSA) is 32.3 Å². The molecule has 0 saturated carbocycles. The van der Waals surface area contributed by atoms with Crippen molar-refractivity contribution in [3.8, 4) is 0 Å². The molecule has 0 bridgehead atoms. The van der Waals surface area contributed by atoms with Crippen LogP contribution in [0.3, 0.4) is 0 Å². The molecule has 0 unspecified atom stereocenters. The minimum Gasteiger partial charge on any atom is -0.396 e. The molecule has 2 N–H and O–H groups in total. The Morgan fingerprint density at radius 1 is 1.36 bits per heavy atom. The van der Waals surface area contributed by atoms with Crippen molar-refractivity contribution >= 4 is 0 Å². The third-order valence-corrected chi connectivity index (χ3v) is 1.88. The first-order valence-electron chi connectivity index (χ1n) is 4.85. The molecule has 0 aliphatic rings. The Morgan fingerprint density at radius 3 is 2.29 bits per heavy atom. The van der Waals surface area contributed by atoms with Crippen LogP contribution < -0.4 is 5.32 Å². The number of benzene rings is 1. The molecule has 0 spiro atoms. The summed E-state index contributed by atoms with van der Waals surface area (Å²) in [5, 5.41) is 10.7. The Labute approximate surface area is 87.0 Å². The fraction of sp³-hybridized carbons (Fsp3) is 0.417. The normalized spacial score (nSPS) is 11.4. The number of aliphatic hydroxyl groups excluding tert-OH is 1. The zero-order valence-electron chi connectivity index (χ0n) is 9.03. The van der Waals surface area contributed by atoms with Crippen molar-refractivity contribution in [3.05, 3.63) is 42.8 Å². The number of hydrogen-bond acceptors (Lipinski definition) is 2. The molecule has 2 heteroatoms. The van der Waals surface area contributed by atoms with Crippen LogP contribution >= 0.6 is 0 Å². The van der Waals surface area contributed by atoms with E-state index in [4.69, 9.17) is 5.11 Å². The molecule has 14 heavy (non-hydrogen) atoms. The zero-order valence-corrected chi connectivity index (χ0v) is 9.03. The molecular formula is C12H20NO. The van der Waals surface area contributed by atoms with Crippen molar-refractivity contribution in [3.63, 3.8) is 0 Å². The van der Waals surface area contributed by atoms with Crippen LogP contribution in [0.25, 0.3) is 0 Å². The molecule has 0 heterocycles. The van der Waals surface area contributed by atoms with Gasteiger partial charge in [0.2, 0.25) is 0 Å². The lowest BCUT2D eigenvalue weighted by molar-refractivity contribution is 0.341. The molecule has 1 atom stereocenters. The first-order chi connectivity index (χ1) is 6.74. The summed E-state index contributed by atoms with van der Waals surface area (Å²) in [6.45, 7) is 5.23. The molecule has 1 aromatic rings. The van der Waals surface area contributed by atoms with Crippen molar-refractivity contribution in [2.75, 3.05) is 13.7 Å². The standard InChI is InChI=1S/C10H15N.C2H5O/c1-9(11-2)8-10-6-4-3-5-7-10;1-2-3/h3-7,9,11H,8H2,1-2H3;3H,1-2H2/t9-;/m0./s1. The molecule has 0 aliphatic heterocycles. The van der Waals surface area contributed by atoms with Gasteiger partial charge in [0.15, 0.2) is 0 Å². The van der Waals surface area contributed by atoms with Crippen LogP contribution in [0.15, 0.2) is 30.3 Å². The quantitative estimate of drug-likeness (QED) is 0.767. The first kappa shape index (κ1) is 13.1. The zero-order chi connectivity index (χ0) is 10.8. The first-order valence-corrected chi connectivity index (χ1v) is 4.85. The van der Waals surface area contributed by atoms with E-state index in [2.05, 4.69) is 43.4 Å². The summed E-state index contributed by atoms with van der Waals surface area (Å²) in [4.78, 5) is 0. The molecule has 1 rings (SSSR count). The van der Waals surface area contributed by atoms with Gasteiger partial charge in [0.1, 0.15) is 0 Å². The number of likely N-dealkylation sites (N-methyl/N-ethyl adjacent to an activating group) is 1. The summed E-state index contributed by atoms with van der Waals surface area (Å²) < 4.78 is 0. The van der Waals surface area contributed by atoms with Crippen molar-refractivity contribution in [1.82, 2.24) is 5.32 Å². The van der Waals surface area contributed by atoms with Gasteiger partial charge < -0.3 is 10.4 Å². The van der Waals surface area contributed by atoms with Gasteiger partial charge in [-0.2, -0.15) is 0 Å². The van der Waals surface area contributed by atoms with Crippen LogP contribution in [0.1, 0.15) is 12.5 Å². The molecule has 2 nitrogen and oxygen atoms in total. The molecule has 0 aliphatic carbocycles. The van der Waals surface area contributed by atoms with E-state index in [-0.39, 0.29) is 6.61 Å². The van der Waals surface area contributed by atoms with Crippen molar-refractivity contribution < 1.29 is 5.11 Å². The van der Waals surface area contributed by atoms with Crippen molar-refractivity contribution in [2.24, 2.45) is 0 Å². The summed E-state index contributed by atoms with van der Waals surface area (Å²) >= 11 is 0. The molecule has 0 fully saturated rings. The van der Waals surface area contributed by atoms with Crippen molar-refractivity contribution in [1.29, 1.82) is 0 Å². The fourth-order valence-electron chi connectivity index (χ4n) is 1.07. The summed E-state index contributed by atoms with van der Waals surface area (Å²) in [5.41, 5.74) is 1.40. The Morgan fingerprint density at radius 2 is 1.86 bits per heavy atom. The second-order valence-electron chi connectivity index (χ2n) is 3.10. The van der Waals surface area contributed by atoms with Gasteiger partial charge in [0.05, 0.1) is 0 Å². The Kier molecular flexibility index (Phi) is 8.19. The molecule has 0 amide bonds. The minimum atomic E-state index is 0. The number of hydrogen-bond donors (Lipinski definition) is 2. The Balaban J connectivity index is 0.000000500. The van der Waals surface area contributed by atoms with Gasteiger partial charge in [-0.25, -0.2) is 0 Å². The van der Waals surface area contributed by atoms with E-state index in [9.17, 15) is 0 Å². The highest BCUT2D eigenvalue weighted by atomic mass is 16.2. The predicted molar refractivity (Wildman–Crippen MR) is 61.1 cm³/mol. The Hall–Kier alpha value is -0.860. The highest BCUT2D eigenvalue weighted by molar-refractivity contribution is 5.15. The van der Waals surface area contributed by atoms with Gasteiger partial charge in [-0.3, -0.25) is 0 Å². The van der Waals surface area contributed by atoms with Crippen LogP contribution in [0.4, 0.5) is 0 Å². The second-order valence-corrected chi connectivity index (χ2v) is 3.10. The maximum absolute atomic E-state index is 7.46. The fourth-order valence-corrected chi connectivity index (χ4v) is 1.07. The van der Waals surface area contributed by atoms with Gasteiger partial charge >= 0.3 is 0 Å². The third-order valence-electron chi connectivity index (χ3n) is 1.88. The predicted octanol–water partition coefficient (Wildman–Crippen LogP) is 1.65. The van der Waals surface area contributed by atoms with Gasteiger partial charge in [-0.1, -0.05) is 30.3 Å². The van der Waals surface area contributed by atoms with E-state index in [1.54, 1.807) is 0 Å². The molecule has 79 valence electrons. The van der Waals surface area contributed by atoms with Crippen LogP contribution in [-0.4, -0.2) is 24.8 Å². The van der Waals surface area contributed by atoms with Crippen LogP contribution in [-0.2, 0) is 6.42 Å². The minimum absolute atomic E-state index is 0. The monoisotopic (exact) mass is 194 g/mol. The highest BCUT2D eigenvalue weighted by Crippen LogP contribution is 2.01. The average molecular weight is 194 g/mol. The van der Waals surface area contributed by atoms with E-state index in [0.717, 1.165) is 6.42 Å². The van der Waals surface area contributed by atoms with Gasteiger partial charge in [-0.05, 0) is 32.9 Å². The van der Waals surface area contributed by atoms with E-state index in [0.29, 0.717) is 6.04 Å². The van der Waals surface area contributed by atoms with Crippen LogP contribution in [0.2, 0.25) is 0 Å². The molecule has 1 radical (unpaired) electrons. The lowest BCUT2D eigenvalue weighted by atomic mass is 10.1. The largest absolute Gasteiger partial charge is 0.396 e. The summed E-state index contributed by atoms with van der Waals surface area (Å²) in [6, 6.07) is 11.1. The Bertz CT molecular complexity index is 211. The van der Waals surface area contributed by atoms with E-state index >= 15 is 0 Å². The summed E-state index contributed by atoms with van der Waals surface area (Å²) in [5.74, 6) is 0. The van der Waals surface area contributed by atoms with Gasteiger partial charge in [-0.15, -0.1) is 0 Å². The summed E-state index contributed by atoms with van der Waals surface area (Å²) in [6.07, 6.45) is 1.11. The van der Waals surface area contributed by atoms with E-state index < -0.39 is 0 Å². The molecular weight excluding hydrogens is 174 g/mol. The number of aliphatic hydroxyl groups is 1. The maximum atomic E-state index is 7.46. The average Bonchev–Trinajstić information content (AvgIpc) is 2.20. The van der Waals surface area contributed by atoms with Crippen LogP contribution in [0.5, 0.6) is 0 Å². The SMILES string of the molecule is CN[C@@H](C)Cc1ccccc1.[CH2]CO. The lowest BCUT2D eigenvalue weighted by Gasteiger charge is -2.08. The molecule has 1 aromatic carbocycles.